The van der Waals surface area contributed by atoms with Crippen molar-refractivity contribution < 1.29 is 9.21 Å². The quantitative estimate of drug-likeness (QED) is 0.874. The first kappa shape index (κ1) is 15.8. The lowest BCUT2D eigenvalue weighted by atomic mass is 10.0. The van der Waals surface area contributed by atoms with Gasteiger partial charge in [-0.25, -0.2) is 0 Å². The van der Waals surface area contributed by atoms with Crippen LogP contribution >= 0.6 is 27.3 Å². The van der Waals surface area contributed by atoms with E-state index in [9.17, 15) is 4.79 Å². The number of hydrogen-bond acceptors (Lipinski definition) is 4. The molecule has 4 nitrogen and oxygen atoms in total. The molecule has 22 heavy (non-hydrogen) atoms. The van der Waals surface area contributed by atoms with E-state index in [1.807, 2.05) is 6.92 Å². The summed E-state index contributed by atoms with van der Waals surface area (Å²) in [6, 6.07) is 6.26. The lowest BCUT2D eigenvalue weighted by Crippen LogP contribution is -2.44. The fourth-order valence-corrected chi connectivity index (χ4v) is 4.30. The number of thiophene rings is 1. The smallest absolute Gasteiger partial charge is 0.255 e. The van der Waals surface area contributed by atoms with Crippen LogP contribution in [0.4, 0.5) is 0 Å². The zero-order chi connectivity index (χ0) is 15.5. The average molecular weight is 383 g/mol. The summed E-state index contributed by atoms with van der Waals surface area (Å²) in [5.74, 6) is 0.657. The molecule has 1 aliphatic rings. The Hall–Kier alpha value is -1.11. The molecule has 6 heteroatoms. The molecule has 3 rings (SSSR count). The number of likely N-dealkylation sites (tertiary alicyclic amines) is 1. The van der Waals surface area contributed by atoms with Crippen LogP contribution in [0.25, 0.3) is 0 Å². The van der Waals surface area contributed by atoms with Gasteiger partial charge in [-0.3, -0.25) is 9.69 Å². The summed E-state index contributed by atoms with van der Waals surface area (Å²) in [6.45, 7) is 4.85. The van der Waals surface area contributed by atoms with Crippen molar-refractivity contribution in [2.75, 3.05) is 13.1 Å². The van der Waals surface area contributed by atoms with Crippen molar-refractivity contribution in [3.63, 3.8) is 0 Å². The standard InChI is InChI=1S/C16H19BrN2O2S/c1-11-14(6-9-21-11)16(20)18-12-4-7-19(8-5-12)10-13-2-3-15(17)22-13/h2-3,6,9,12H,4-5,7-8,10H2,1H3,(H,18,20). The number of hydrogen-bond donors (Lipinski definition) is 1. The normalized spacial score (nSPS) is 16.8. The largest absolute Gasteiger partial charge is 0.469 e. The Balaban J connectivity index is 1.47. The van der Waals surface area contributed by atoms with Crippen molar-refractivity contribution in [3.05, 3.63) is 44.4 Å². The Morgan fingerprint density at radius 3 is 2.77 bits per heavy atom. The maximum atomic E-state index is 12.2. The van der Waals surface area contributed by atoms with Crippen LogP contribution in [-0.2, 0) is 6.54 Å². The first-order valence-electron chi connectivity index (χ1n) is 7.43. The summed E-state index contributed by atoms with van der Waals surface area (Å²) in [6.07, 6.45) is 3.55. The summed E-state index contributed by atoms with van der Waals surface area (Å²) in [5.41, 5.74) is 0.644. The van der Waals surface area contributed by atoms with Gasteiger partial charge >= 0.3 is 0 Å². The molecule has 0 atom stereocenters. The predicted octanol–water partition coefficient (Wildman–Crippen LogP) is 3.81. The van der Waals surface area contributed by atoms with Crippen molar-refractivity contribution >= 4 is 33.2 Å². The van der Waals surface area contributed by atoms with Gasteiger partial charge in [0.1, 0.15) is 5.76 Å². The molecule has 1 amide bonds. The van der Waals surface area contributed by atoms with Gasteiger partial charge in [0.15, 0.2) is 0 Å². The maximum absolute atomic E-state index is 12.2. The molecule has 0 spiro atoms. The van der Waals surface area contributed by atoms with Crippen LogP contribution in [-0.4, -0.2) is 29.9 Å². The number of carbonyl (C=O) groups is 1. The van der Waals surface area contributed by atoms with Crippen molar-refractivity contribution in [2.45, 2.75) is 32.4 Å². The zero-order valence-corrected chi connectivity index (χ0v) is 14.9. The number of halogens is 1. The van der Waals surface area contributed by atoms with Crippen LogP contribution in [0.2, 0.25) is 0 Å². The van der Waals surface area contributed by atoms with E-state index in [2.05, 4.69) is 38.3 Å². The minimum Gasteiger partial charge on any atom is -0.469 e. The molecular formula is C16H19BrN2O2S. The lowest BCUT2D eigenvalue weighted by Gasteiger charge is -2.32. The number of furan rings is 1. The van der Waals surface area contributed by atoms with E-state index < -0.39 is 0 Å². The second-order valence-corrected chi connectivity index (χ2v) is 8.17. The fraction of sp³-hybridized carbons (Fsp3) is 0.438. The highest BCUT2D eigenvalue weighted by Gasteiger charge is 2.22. The van der Waals surface area contributed by atoms with Gasteiger partial charge in [0, 0.05) is 30.6 Å². The first-order chi connectivity index (χ1) is 10.6. The molecule has 1 fully saturated rings. The van der Waals surface area contributed by atoms with E-state index >= 15 is 0 Å². The number of amides is 1. The van der Waals surface area contributed by atoms with E-state index in [4.69, 9.17) is 4.42 Å². The van der Waals surface area contributed by atoms with Crippen molar-refractivity contribution in [1.82, 2.24) is 10.2 Å². The molecule has 0 bridgehead atoms. The molecule has 0 aliphatic carbocycles. The van der Waals surface area contributed by atoms with E-state index in [1.54, 1.807) is 23.7 Å². The third kappa shape index (κ3) is 3.80. The van der Waals surface area contributed by atoms with Crippen LogP contribution in [0.15, 0.2) is 32.7 Å². The third-order valence-electron chi connectivity index (χ3n) is 4.03. The molecule has 2 aromatic rings. The molecule has 1 aliphatic heterocycles. The Labute approximate surface area is 142 Å². The van der Waals surface area contributed by atoms with E-state index in [-0.39, 0.29) is 11.9 Å². The summed E-state index contributed by atoms with van der Waals surface area (Å²) < 4.78 is 6.37. The summed E-state index contributed by atoms with van der Waals surface area (Å²) in [5, 5.41) is 3.12. The van der Waals surface area contributed by atoms with Gasteiger partial charge in [-0.2, -0.15) is 0 Å². The molecule has 3 heterocycles. The summed E-state index contributed by atoms with van der Waals surface area (Å²) >= 11 is 5.29. The molecule has 0 saturated carbocycles. The van der Waals surface area contributed by atoms with Gasteiger partial charge in [-0.15, -0.1) is 11.3 Å². The van der Waals surface area contributed by atoms with Gasteiger partial charge < -0.3 is 9.73 Å². The topological polar surface area (TPSA) is 45.5 Å². The number of rotatable bonds is 4. The van der Waals surface area contributed by atoms with E-state index in [1.165, 1.54) is 8.66 Å². The highest BCUT2D eigenvalue weighted by atomic mass is 79.9. The minimum absolute atomic E-state index is 0.0214. The lowest BCUT2D eigenvalue weighted by molar-refractivity contribution is 0.0907. The molecule has 1 saturated heterocycles. The van der Waals surface area contributed by atoms with E-state index in [0.717, 1.165) is 32.5 Å². The van der Waals surface area contributed by atoms with E-state index in [0.29, 0.717) is 11.3 Å². The van der Waals surface area contributed by atoms with Gasteiger partial charge in [0.25, 0.3) is 5.91 Å². The molecule has 1 N–H and O–H groups in total. The SMILES string of the molecule is Cc1occc1C(=O)NC1CCN(Cc2ccc(Br)s2)CC1. The Morgan fingerprint density at radius 2 is 2.18 bits per heavy atom. The Kier molecular flexibility index (Phi) is 5.00. The van der Waals surface area contributed by atoms with Gasteiger partial charge in [0.05, 0.1) is 15.6 Å². The first-order valence-corrected chi connectivity index (χ1v) is 9.04. The number of nitrogens with zero attached hydrogens (tertiary/aromatic N) is 1. The van der Waals surface area contributed by atoms with Crippen LogP contribution in [0.1, 0.15) is 33.8 Å². The van der Waals surface area contributed by atoms with Crippen molar-refractivity contribution in [1.29, 1.82) is 0 Å². The average Bonchev–Trinajstić information content (AvgIpc) is 3.10. The third-order valence-corrected chi connectivity index (χ3v) is 5.64. The number of nitrogens with one attached hydrogen (secondary N) is 1. The molecular weight excluding hydrogens is 364 g/mol. The monoisotopic (exact) mass is 382 g/mol. The van der Waals surface area contributed by atoms with Crippen molar-refractivity contribution in [2.24, 2.45) is 0 Å². The molecule has 0 unspecified atom stereocenters. The van der Waals surface area contributed by atoms with Crippen LogP contribution in [0.5, 0.6) is 0 Å². The van der Waals surface area contributed by atoms with Gasteiger partial charge in [0.2, 0.25) is 0 Å². The molecule has 118 valence electrons. The molecule has 2 aromatic heterocycles. The minimum atomic E-state index is -0.0214. The Bertz CT molecular complexity index is 644. The van der Waals surface area contributed by atoms with Crippen LogP contribution < -0.4 is 5.32 Å². The number of piperidine rings is 1. The fourth-order valence-electron chi connectivity index (χ4n) is 2.78. The van der Waals surface area contributed by atoms with Crippen molar-refractivity contribution in [3.8, 4) is 0 Å². The highest BCUT2D eigenvalue weighted by Crippen LogP contribution is 2.24. The van der Waals surface area contributed by atoms with Gasteiger partial charge in [-0.1, -0.05) is 0 Å². The maximum Gasteiger partial charge on any atom is 0.255 e. The second-order valence-electron chi connectivity index (χ2n) is 5.62. The summed E-state index contributed by atoms with van der Waals surface area (Å²) in [4.78, 5) is 16.0. The van der Waals surface area contributed by atoms with Crippen LogP contribution in [0.3, 0.4) is 0 Å². The molecule has 0 aromatic carbocycles. The number of carbonyl (C=O) groups excluding carboxylic acids is 1. The number of aryl methyl sites for hydroxylation is 1. The predicted molar refractivity (Wildman–Crippen MR) is 91.2 cm³/mol. The summed E-state index contributed by atoms with van der Waals surface area (Å²) in [7, 11) is 0. The van der Waals surface area contributed by atoms with Gasteiger partial charge in [-0.05, 0) is 53.9 Å². The van der Waals surface area contributed by atoms with Crippen LogP contribution in [0, 0.1) is 6.92 Å². The Morgan fingerprint density at radius 1 is 1.41 bits per heavy atom. The zero-order valence-electron chi connectivity index (χ0n) is 12.5. The second kappa shape index (κ2) is 6.98. The highest BCUT2D eigenvalue weighted by molar-refractivity contribution is 9.11. The molecule has 0 radical (unpaired) electrons.